The summed E-state index contributed by atoms with van der Waals surface area (Å²) in [6.07, 6.45) is 2.24. The van der Waals surface area contributed by atoms with Gasteiger partial charge in [-0.3, -0.25) is 0 Å². The summed E-state index contributed by atoms with van der Waals surface area (Å²) in [6.45, 7) is 3.16. The average molecular weight is 383 g/mol. The molecule has 4 aromatic rings. The van der Waals surface area contributed by atoms with Gasteiger partial charge in [0.05, 0.1) is 18.5 Å². The first-order chi connectivity index (χ1) is 14.3. The molecule has 3 aromatic carbocycles. The predicted molar refractivity (Wildman–Crippen MR) is 120 cm³/mol. The molecule has 1 aromatic heterocycles. The zero-order valence-corrected chi connectivity index (χ0v) is 17.0. The molecule has 0 unspecified atom stereocenters. The molecule has 0 aliphatic rings. The smallest absolute Gasteiger partial charge is 0.141 e. The van der Waals surface area contributed by atoms with Crippen LogP contribution >= 0.6 is 0 Å². The van der Waals surface area contributed by atoms with E-state index in [9.17, 15) is 0 Å². The molecular weight excluding hydrogens is 356 g/mol. The van der Waals surface area contributed by atoms with E-state index in [1.54, 1.807) is 7.11 Å². The molecule has 146 valence electrons. The van der Waals surface area contributed by atoms with Crippen molar-refractivity contribution in [2.75, 3.05) is 7.11 Å². The predicted octanol–water partition coefficient (Wildman–Crippen LogP) is 6.69. The number of aromatic nitrogens is 2. The van der Waals surface area contributed by atoms with Gasteiger partial charge in [0.25, 0.3) is 0 Å². The van der Waals surface area contributed by atoms with Gasteiger partial charge in [0.15, 0.2) is 0 Å². The first-order valence-corrected chi connectivity index (χ1v) is 10.2. The summed E-state index contributed by atoms with van der Waals surface area (Å²) in [6, 6.07) is 29.2. The number of unbranched alkanes of at least 4 members (excludes halogenated alkanes) is 1. The van der Waals surface area contributed by atoms with E-state index in [0.717, 1.165) is 47.8 Å². The highest BCUT2D eigenvalue weighted by Crippen LogP contribution is 2.36. The van der Waals surface area contributed by atoms with Gasteiger partial charge in [0.1, 0.15) is 11.6 Å². The highest BCUT2D eigenvalue weighted by atomic mass is 16.5. The second kappa shape index (κ2) is 8.78. The van der Waals surface area contributed by atoms with Crippen LogP contribution < -0.4 is 4.74 Å². The number of imidazole rings is 1. The molecule has 0 bridgehead atoms. The Morgan fingerprint density at radius 2 is 1.38 bits per heavy atom. The van der Waals surface area contributed by atoms with Gasteiger partial charge in [-0.25, -0.2) is 4.98 Å². The molecule has 1 heterocycles. The quantitative estimate of drug-likeness (QED) is 0.356. The molecule has 0 saturated heterocycles. The van der Waals surface area contributed by atoms with Crippen molar-refractivity contribution >= 4 is 0 Å². The summed E-state index contributed by atoms with van der Waals surface area (Å²) in [5, 5.41) is 0. The van der Waals surface area contributed by atoms with Crippen LogP contribution in [0.4, 0.5) is 0 Å². The fourth-order valence-corrected chi connectivity index (χ4v) is 3.63. The Morgan fingerprint density at radius 3 is 1.97 bits per heavy atom. The molecule has 3 heteroatoms. The number of nitrogens with zero attached hydrogens (tertiary/aromatic N) is 2. The second-order valence-corrected chi connectivity index (χ2v) is 7.10. The molecule has 0 spiro atoms. The topological polar surface area (TPSA) is 27.1 Å². The standard InChI is InChI=1S/C26H26N2O/c1-3-4-19-28-25(21-13-9-6-10-14-21)24(20-11-7-5-8-12-20)27-26(28)22-15-17-23(29-2)18-16-22/h5-18H,3-4,19H2,1-2H3. The molecule has 4 rings (SSSR count). The van der Waals surface area contributed by atoms with Gasteiger partial charge in [-0.2, -0.15) is 0 Å². The maximum absolute atomic E-state index is 5.34. The Hall–Kier alpha value is -3.33. The second-order valence-electron chi connectivity index (χ2n) is 7.10. The van der Waals surface area contributed by atoms with Crippen molar-refractivity contribution in [3.63, 3.8) is 0 Å². The molecule has 0 aliphatic carbocycles. The van der Waals surface area contributed by atoms with E-state index in [1.807, 2.05) is 18.2 Å². The minimum Gasteiger partial charge on any atom is -0.497 e. The maximum Gasteiger partial charge on any atom is 0.141 e. The lowest BCUT2D eigenvalue weighted by Gasteiger charge is -2.13. The number of methoxy groups -OCH3 is 1. The van der Waals surface area contributed by atoms with Crippen molar-refractivity contribution in [2.45, 2.75) is 26.3 Å². The maximum atomic E-state index is 5.34. The van der Waals surface area contributed by atoms with Gasteiger partial charge in [-0.1, -0.05) is 74.0 Å². The van der Waals surface area contributed by atoms with Crippen LogP contribution in [0.25, 0.3) is 33.9 Å². The van der Waals surface area contributed by atoms with E-state index < -0.39 is 0 Å². The summed E-state index contributed by atoms with van der Waals surface area (Å²) in [5.41, 5.74) is 5.63. The van der Waals surface area contributed by atoms with Crippen LogP contribution in [0, 0.1) is 0 Å². The van der Waals surface area contributed by atoms with Gasteiger partial charge in [-0.05, 0) is 30.7 Å². The van der Waals surface area contributed by atoms with Crippen molar-refractivity contribution < 1.29 is 4.74 Å². The Labute approximate surface area is 172 Å². The number of rotatable bonds is 7. The Bertz CT molecular complexity index is 1050. The SMILES string of the molecule is CCCCn1c(-c2ccc(OC)cc2)nc(-c2ccccc2)c1-c1ccccc1. The van der Waals surface area contributed by atoms with E-state index in [0.29, 0.717) is 0 Å². The van der Waals surface area contributed by atoms with Crippen LogP contribution in [0.15, 0.2) is 84.9 Å². The Morgan fingerprint density at radius 1 is 0.759 bits per heavy atom. The third-order valence-electron chi connectivity index (χ3n) is 5.15. The molecular formula is C26H26N2O. The minimum absolute atomic E-state index is 0.854. The van der Waals surface area contributed by atoms with Crippen LogP contribution in [0.3, 0.4) is 0 Å². The van der Waals surface area contributed by atoms with E-state index in [-0.39, 0.29) is 0 Å². The zero-order valence-electron chi connectivity index (χ0n) is 17.0. The summed E-state index contributed by atoms with van der Waals surface area (Å²) >= 11 is 0. The lowest BCUT2D eigenvalue weighted by Crippen LogP contribution is -2.03. The average Bonchev–Trinajstić information content (AvgIpc) is 3.18. The van der Waals surface area contributed by atoms with E-state index >= 15 is 0 Å². The normalized spacial score (nSPS) is 10.8. The first-order valence-electron chi connectivity index (χ1n) is 10.2. The first kappa shape index (κ1) is 19.0. The molecule has 0 radical (unpaired) electrons. The summed E-state index contributed by atoms with van der Waals surface area (Å²) < 4.78 is 7.72. The van der Waals surface area contributed by atoms with Gasteiger partial charge in [0, 0.05) is 23.2 Å². The zero-order chi connectivity index (χ0) is 20.1. The van der Waals surface area contributed by atoms with Crippen molar-refractivity contribution in [1.29, 1.82) is 0 Å². The highest BCUT2D eigenvalue weighted by Gasteiger charge is 2.20. The molecule has 0 amide bonds. The lowest BCUT2D eigenvalue weighted by atomic mass is 10.0. The third-order valence-corrected chi connectivity index (χ3v) is 5.15. The van der Waals surface area contributed by atoms with Crippen molar-refractivity contribution in [1.82, 2.24) is 9.55 Å². The monoisotopic (exact) mass is 382 g/mol. The fourth-order valence-electron chi connectivity index (χ4n) is 3.63. The third kappa shape index (κ3) is 3.95. The summed E-state index contributed by atoms with van der Waals surface area (Å²) in [4.78, 5) is 5.16. The fraction of sp³-hybridized carbons (Fsp3) is 0.192. The van der Waals surface area contributed by atoms with Crippen molar-refractivity contribution in [2.24, 2.45) is 0 Å². The van der Waals surface area contributed by atoms with Crippen LogP contribution in [0.5, 0.6) is 5.75 Å². The molecule has 3 nitrogen and oxygen atoms in total. The molecule has 29 heavy (non-hydrogen) atoms. The number of benzene rings is 3. The van der Waals surface area contributed by atoms with E-state index in [4.69, 9.17) is 9.72 Å². The van der Waals surface area contributed by atoms with Crippen LogP contribution in [-0.2, 0) is 6.54 Å². The highest BCUT2D eigenvalue weighted by molar-refractivity contribution is 5.82. The van der Waals surface area contributed by atoms with Gasteiger partial charge in [-0.15, -0.1) is 0 Å². The molecule has 0 N–H and O–H groups in total. The molecule has 0 aliphatic heterocycles. The lowest BCUT2D eigenvalue weighted by molar-refractivity contribution is 0.415. The largest absolute Gasteiger partial charge is 0.497 e. The van der Waals surface area contributed by atoms with Gasteiger partial charge < -0.3 is 9.30 Å². The number of hydrogen-bond donors (Lipinski definition) is 0. The molecule has 0 atom stereocenters. The van der Waals surface area contributed by atoms with Crippen LogP contribution in [0.2, 0.25) is 0 Å². The Kier molecular flexibility index (Phi) is 5.76. The molecule has 0 fully saturated rings. The Balaban J connectivity index is 1.96. The minimum atomic E-state index is 0.854. The van der Waals surface area contributed by atoms with Gasteiger partial charge >= 0.3 is 0 Å². The number of hydrogen-bond acceptors (Lipinski definition) is 2. The van der Waals surface area contributed by atoms with Crippen molar-refractivity contribution in [3.05, 3.63) is 84.9 Å². The van der Waals surface area contributed by atoms with E-state index in [1.165, 1.54) is 11.3 Å². The van der Waals surface area contributed by atoms with Crippen LogP contribution in [-0.4, -0.2) is 16.7 Å². The van der Waals surface area contributed by atoms with Gasteiger partial charge in [0.2, 0.25) is 0 Å². The van der Waals surface area contributed by atoms with Crippen LogP contribution in [0.1, 0.15) is 19.8 Å². The molecule has 0 saturated carbocycles. The summed E-state index contributed by atoms with van der Waals surface area (Å²) in [7, 11) is 1.69. The van der Waals surface area contributed by atoms with Crippen molar-refractivity contribution in [3.8, 4) is 39.7 Å². The number of ether oxygens (including phenoxy) is 1. The summed E-state index contributed by atoms with van der Waals surface area (Å²) in [5.74, 6) is 1.85. The van der Waals surface area contributed by atoms with E-state index in [2.05, 4.69) is 78.2 Å².